The van der Waals surface area contributed by atoms with E-state index >= 15 is 0 Å². The quantitative estimate of drug-likeness (QED) is 0.475. The second-order valence-electron chi connectivity index (χ2n) is 6.79. The molecule has 0 spiro atoms. The van der Waals surface area contributed by atoms with Crippen molar-refractivity contribution in [1.29, 1.82) is 0 Å². The van der Waals surface area contributed by atoms with Gasteiger partial charge in [-0.2, -0.15) is 0 Å². The summed E-state index contributed by atoms with van der Waals surface area (Å²) in [6, 6.07) is 11.9. The first-order valence-corrected chi connectivity index (χ1v) is 9.07. The lowest BCUT2D eigenvalue weighted by atomic mass is 9.87. The van der Waals surface area contributed by atoms with Crippen LogP contribution in [0.4, 0.5) is 0 Å². The molecule has 0 unspecified atom stereocenters. The van der Waals surface area contributed by atoms with Gasteiger partial charge in [0.25, 0.3) is 0 Å². The fourth-order valence-electron chi connectivity index (χ4n) is 3.26. The summed E-state index contributed by atoms with van der Waals surface area (Å²) in [5.41, 5.74) is 2.47. The predicted octanol–water partition coefficient (Wildman–Crippen LogP) is 0.531. The van der Waals surface area contributed by atoms with Gasteiger partial charge in [0.2, 0.25) is 5.79 Å². The maximum atomic E-state index is 10.9. The van der Waals surface area contributed by atoms with Gasteiger partial charge in [0.1, 0.15) is 24.4 Å². The summed E-state index contributed by atoms with van der Waals surface area (Å²) < 4.78 is 5.36. The van der Waals surface area contributed by atoms with Gasteiger partial charge < -0.3 is 30.3 Å². The summed E-state index contributed by atoms with van der Waals surface area (Å²) in [6.45, 7) is -0.644. The molecule has 0 saturated carbocycles. The van der Waals surface area contributed by atoms with Crippen LogP contribution in [0.15, 0.2) is 42.5 Å². The molecule has 0 bridgehead atoms. The first-order valence-electron chi connectivity index (χ1n) is 8.70. The summed E-state index contributed by atoms with van der Waals surface area (Å²) in [5.74, 6) is 0.220. The van der Waals surface area contributed by atoms with Crippen LogP contribution in [0.5, 0.6) is 0 Å². The highest BCUT2D eigenvalue weighted by atomic mass is 35.5. The molecule has 0 aromatic heterocycles. The maximum absolute atomic E-state index is 10.9. The van der Waals surface area contributed by atoms with Crippen molar-refractivity contribution in [3.8, 4) is 12.3 Å². The number of ether oxygens (including phenoxy) is 1. The molecule has 5 atom stereocenters. The number of hydrogen-bond donors (Lipinski definition) is 5. The lowest BCUT2D eigenvalue weighted by molar-refractivity contribution is -0.357. The van der Waals surface area contributed by atoms with Gasteiger partial charge in [-0.15, -0.1) is 6.42 Å². The molecule has 2 aromatic carbocycles. The smallest absolute Gasteiger partial charge is 0.222 e. The van der Waals surface area contributed by atoms with Crippen molar-refractivity contribution >= 4 is 11.6 Å². The van der Waals surface area contributed by atoms with Crippen molar-refractivity contribution in [3.05, 3.63) is 69.7 Å². The Hall–Kier alpha value is -1.95. The zero-order chi connectivity index (χ0) is 20.5. The van der Waals surface area contributed by atoms with E-state index in [2.05, 4.69) is 5.92 Å². The molecule has 28 heavy (non-hydrogen) atoms. The van der Waals surface area contributed by atoms with Crippen molar-refractivity contribution in [1.82, 2.24) is 0 Å². The Labute approximate surface area is 167 Å². The normalized spacial score (nSPS) is 30.0. The Morgan fingerprint density at radius 1 is 1.07 bits per heavy atom. The fraction of sp³-hybridized carbons (Fsp3) is 0.333. The fourth-order valence-corrected chi connectivity index (χ4v) is 3.45. The highest BCUT2D eigenvalue weighted by molar-refractivity contribution is 6.31. The lowest BCUT2D eigenvalue weighted by Gasteiger charge is -2.45. The molecule has 7 heteroatoms. The van der Waals surface area contributed by atoms with Gasteiger partial charge >= 0.3 is 0 Å². The third kappa shape index (κ3) is 3.79. The molecule has 5 N–H and O–H groups in total. The van der Waals surface area contributed by atoms with E-state index in [4.69, 9.17) is 22.8 Å². The van der Waals surface area contributed by atoms with Crippen molar-refractivity contribution in [2.45, 2.75) is 36.6 Å². The minimum Gasteiger partial charge on any atom is -0.394 e. The zero-order valence-electron chi connectivity index (χ0n) is 14.9. The van der Waals surface area contributed by atoms with Crippen molar-refractivity contribution in [2.24, 2.45) is 0 Å². The van der Waals surface area contributed by atoms with Crippen molar-refractivity contribution < 1.29 is 30.3 Å². The summed E-state index contributed by atoms with van der Waals surface area (Å²) in [7, 11) is 0. The largest absolute Gasteiger partial charge is 0.394 e. The molecule has 1 saturated heterocycles. The molecule has 1 aliphatic heterocycles. The predicted molar refractivity (Wildman–Crippen MR) is 103 cm³/mol. The molecule has 1 heterocycles. The summed E-state index contributed by atoms with van der Waals surface area (Å²) in [6.07, 6.45) is -0.546. The molecule has 6 nitrogen and oxygen atoms in total. The van der Waals surface area contributed by atoms with Crippen LogP contribution in [0.2, 0.25) is 5.02 Å². The summed E-state index contributed by atoms with van der Waals surface area (Å²) >= 11 is 6.29. The summed E-state index contributed by atoms with van der Waals surface area (Å²) in [4.78, 5) is 0. The molecule has 0 aliphatic carbocycles. The van der Waals surface area contributed by atoms with Gasteiger partial charge in [0.15, 0.2) is 0 Å². The van der Waals surface area contributed by atoms with Crippen LogP contribution in [0.3, 0.4) is 0 Å². The van der Waals surface area contributed by atoms with E-state index < -0.39 is 36.8 Å². The van der Waals surface area contributed by atoms with Crippen LogP contribution in [-0.4, -0.2) is 56.6 Å². The minimum absolute atomic E-state index is 0.143. The molecule has 2 aromatic rings. The standard InChI is InChI=1S/C21H21ClO6/c1-2-12-3-5-13(6-4-12)9-14-10-15(7-8-16(14)22)21(27)20(26)19(25)18(24)17(11-23)28-21/h1,3-8,10,17-20,23-27H,9,11H2/t17-,18-,19+,20-,21-/m1/s1. The number of halogens is 1. The van der Waals surface area contributed by atoms with Crippen LogP contribution in [0, 0.1) is 12.3 Å². The van der Waals surface area contributed by atoms with Crippen LogP contribution in [-0.2, 0) is 16.9 Å². The van der Waals surface area contributed by atoms with Gasteiger partial charge in [-0.1, -0.05) is 35.7 Å². The average Bonchev–Trinajstić information content (AvgIpc) is 2.71. The Balaban J connectivity index is 1.94. The summed E-state index contributed by atoms with van der Waals surface area (Å²) in [5, 5.41) is 51.0. The number of aliphatic hydroxyl groups excluding tert-OH is 4. The highest BCUT2D eigenvalue weighted by Gasteiger charge is 2.53. The van der Waals surface area contributed by atoms with Crippen molar-refractivity contribution in [3.63, 3.8) is 0 Å². The number of rotatable bonds is 4. The SMILES string of the molecule is C#Cc1ccc(Cc2cc([C@@]3(O)O[C@H](CO)[C@@H](O)[C@H](O)[C@H]3O)ccc2Cl)cc1. The third-order valence-corrected chi connectivity index (χ3v) is 5.31. The zero-order valence-corrected chi connectivity index (χ0v) is 15.6. The van der Waals surface area contributed by atoms with Gasteiger partial charge in [0.05, 0.1) is 6.61 Å². The molecule has 0 radical (unpaired) electrons. The molecule has 1 fully saturated rings. The van der Waals surface area contributed by atoms with Gasteiger partial charge in [-0.25, -0.2) is 0 Å². The van der Waals surface area contributed by atoms with Crippen LogP contribution in [0.25, 0.3) is 0 Å². The lowest BCUT2D eigenvalue weighted by Crippen LogP contribution is -2.63. The number of benzene rings is 2. The van der Waals surface area contributed by atoms with Crippen LogP contribution in [0.1, 0.15) is 22.3 Å². The van der Waals surface area contributed by atoms with E-state index in [-0.39, 0.29) is 5.56 Å². The number of terminal acetylenes is 1. The number of hydrogen-bond acceptors (Lipinski definition) is 6. The molecule has 148 valence electrons. The average molecular weight is 405 g/mol. The number of aliphatic hydroxyl groups is 5. The topological polar surface area (TPSA) is 110 Å². The second-order valence-corrected chi connectivity index (χ2v) is 7.19. The third-order valence-electron chi connectivity index (χ3n) is 4.94. The Bertz CT molecular complexity index is 875. The first-order chi connectivity index (χ1) is 13.3. The maximum Gasteiger partial charge on any atom is 0.222 e. The van der Waals surface area contributed by atoms with E-state index in [9.17, 15) is 25.5 Å². The van der Waals surface area contributed by atoms with E-state index in [1.165, 1.54) is 6.07 Å². The second kappa shape index (κ2) is 8.19. The molecular formula is C21H21ClO6. The Morgan fingerprint density at radius 3 is 2.36 bits per heavy atom. The Kier molecular flexibility index (Phi) is 6.08. The molecule has 0 amide bonds. The van der Waals surface area contributed by atoms with E-state index in [0.717, 1.165) is 11.1 Å². The van der Waals surface area contributed by atoms with E-state index in [1.807, 2.05) is 12.1 Å². The Morgan fingerprint density at radius 2 is 1.75 bits per heavy atom. The molecule has 1 aliphatic rings. The van der Waals surface area contributed by atoms with Gasteiger partial charge in [-0.05, 0) is 41.8 Å². The van der Waals surface area contributed by atoms with Gasteiger partial charge in [-0.3, -0.25) is 0 Å². The monoisotopic (exact) mass is 404 g/mol. The van der Waals surface area contributed by atoms with Crippen molar-refractivity contribution in [2.75, 3.05) is 6.61 Å². The molecular weight excluding hydrogens is 384 g/mol. The highest BCUT2D eigenvalue weighted by Crippen LogP contribution is 2.37. The first kappa shape index (κ1) is 20.8. The minimum atomic E-state index is -2.32. The van der Waals surface area contributed by atoms with E-state index in [0.29, 0.717) is 17.0 Å². The van der Waals surface area contributed by atoms with Crippen LogP contribution >= 0.6 is 11.6 Å². The molecule has 3 rings (SSSR count). The van der Waals surface area contributed by atoms with Crippen LogP contribution < -0.4 is 0 Å². The van der Waals surface area contributed by atoms with Gasteiger partial charge in [0, 0.05) is 16.1 Å². The van der Waals surface area contributed by atoms with E-state index in [1.54, 1.807) is 24.3 Å².